The molecule has 0 amide bonds. The lowest BCUT2D eigenvalue weighted by molar-refractivity contribution is 1.25. The van der Waals surface area contributed by atoms with Crippen LogP contribution in [0.25, 0.3) is 10.4 Å². The maximum atomic E-state index is 8.00. The molecular formula is C9H5Cl2N3. The Morgan fingerprint density at radius 3 is 2.50 bits per heavy atom. The average molecular weight is 226 g/mol. The predicted molar refractivity (Wildman–Crippen MR) is 57.4 cm³/mol. The highest BCUT2D eigenvalue weighted by Gasteiger charge is 1.93. The minimum Gasteiger partial charge on any atom is -0.0919 e. The predicted octanol–water partition coefficient (Wildman–Crippen LogP) is 3.66. The van der Waals surface area contributed by atoms with Crippen LogP contribution in [0.4, 0.5) is 0 Å². The lowest BCUT2D eigenvalue weighted by Crippen LogP contribution is -1.76. The molecule has 0 saturated heterocycles. The van der Waals surface area contributed by atoms with Gasteiger partial charge in [0, 0.05) is 20.5 Å². The lowest BCUT2D eigenvalue weighted by atomic mass is 10.2. The minimum atomic E-state index is 0.140. The summed E-state index contributed by atoms with van der Waals surface area (Å²) in [6, 6.07) is 5.01. The standard InChI is InChI=1S/C9H5Cl2N3/c10-8-4-7(5-9(11)6-8)2-1-3-13-14-12/h4-6H,3H2. The summed E-state index contributed by atoms with van der Waals surface area (Å²) in [6.45, 7) is 0.140. The van der Waals surface area contributed by atoms with Crippen molar-refractivity contribution in [1.29, 1.82) is 0 Å². The van der Waals surface area contributed by atoms with E-state index in [0.29, 0.717) is 15.6 Å². The number of nitrogens with zero attached hydrogens (tertiary/aromatic N) is 3. The molecule has 0 aliphatic rings. The zero-order valence-electron chi connectivity index (χ0n) is 7.04. The summed E-state index contributed by atoms with van der Waals surface area (Å²) in [5, 5.41) is 4.34. The Morgan fingerprint density at radius 2 is 1.93 bits per heavy atom. The molecule has 3 nitrogen and oxygen atoms in total. The molecule has 0 atom stereocenters. The molecule has 0 heterocycles. The van der Waals surface area contributed by atoms with Crippen LogP contribution in [0.1, 0.15) is 5.56 Å². The van der Waals surface area contributed by atoms with E-state index in [2.05, 4.69) is 21.9 Å². The van der Waals surface area contributed by atoms with E-state index in [1.54, 1.807) is 18.2 Å². The van der Waals surface area contributed by atoms with Crippen molar-refractivity contribution in [2.45, 2.75) is 0 Å². The fraction of sp³-hybridized carbons (Fsp3) is 0.111. The van der Waals surface area contributed by atoms with E-state index in [4.69, 9.17) is 28.7 Å². The van der Waals surface area contributed by atoms with Gasteiger partial charge in [-0.05, 0) is 23.7 Å². The molecule has 0 aliphatic carbocycles. The van der Waals surface area contributed by atoms with Crippen LogP contribution in [-0.4, -0.2) is 6.54 Å². The zero-order valence-corrected chi connectivity index (χ0v) is 8.55. The van der Waals surface area contributed by atoms with Crippen molar-refractivity contribution in [2.24, 2.45) is 5.11 Å². The van der Waals surface area contributed by atoms with Gasteiger partial charge in [0.15, 0.2) is 0 Å². The molecule has 0 bridgehead atoms. The van der Waals surface area contributed by atoms with Crippen LogP contribution in [0.5, 0.6) is 0 Å². The van der Waals surface area contributed by atoms with Gasteiger partial charge in [0.1, 0.15) is 0 Å². The topological polar surface area (TPSA) is 48.8 Å². The van der Waals surface area contributed by atoms with Crippen molar-refractivity contribution in [1.82, 2.24) is 0 Å². The highest BCUT2D eigenvalue weighted by atomic mass is 35.5. The normalized spacial score (nSPS) is 8.43. The quantitative estimate of drug-likeness (QED) is 0.303. The Kier molecular flexibility index (Phi) is 4.15. The molecule has 14 heavy (non-hydrogen) atoms. The fourth-order valence-corrected chi connectivity index (χ4v) is 1.36. The molecule has 1 rings (SSSR count). The highest BCUT2D eigenvalue weighted by molar-refractivity contribution is 6.34. The summed E-state index contributed by atoms with van der Waals surface area (Å²) in [5.41, 5.74) is 8.70. The number of azide groups is 1. The number of benzene rings is 1. The van der Waals surface area contributed by atoms with Gasteiger partial charge in [-0.1, -0.05) is 40.2 Å². The average Bonchev–Trinajstić information content (AvgIpc) is 2.11. The molecule has 1 aromatic carbocycles. The Bertz CT molecular complexity index is 419. The van der Waals surface area contributed by atoms with Crippen LogP contribution in [-0.2, 0) is 0 Å². The van der Waals surface area contributed by atoms with Crippen molar-refractivity contribution in [3.8, 4) is 11.8 Å². The second-order valence-corrected chi connectivity index (χ2v) is 3.22. The first-order chi connectivity index (χ1) is 6.72. The minimum absolute atomic E-state index is 0.140. The molecule has 1 aromatic rings. The maximum Gasteiger partial charge on any atom is 0.0880 e. The van der Waals surface area contributed by atoms with E-state index in [0.717, 1.165) is 0 Å². The van der Waals surface area contributed by atoms with Gasteiger partial charge >= 0.3 is 0 Å². The highest BCUT2D eigenvalue weighted by Crippen LogP contribution is 2.18. The Labute approximate surface area is 91.3 Å². The van der Waals surface area contributed by atoms with Gasteiger partial charge in [0.25, 0.3) is 0 Å². The summed E-state index contributed by atoms with van der Waals surface area (Å²) >= 11 is 11.5. The van der Waals surface area contributed by atoms with E-state index in [1.165, 1.54) is 0 Å². The third kappa shape index (κ3) is 3.59. The summed E-state index contributed by atoms with van der Waals surface area (Å²) < 4.78 is 0. The second kappa shape index (κ2) is 5.41. The van der Waals surface area contributed by atoms with E-state index in [9.17, 15) is 0 Å². The molecule has 0 N–H and O–H groups in total. The van der Waals surface area contributed by atoms with E-state index in [-0.39, 0.29) is 6.54 Å². The summed E-state index contributed by atoms with van der Waals surface area (Å²) in [5.74, 6) is 5.45. The van der Waals surface area contributed by atoms with Crippen LogP contribution in [0, 0.1) is 11.8 Å². The first-order valence-corrected chi connectivity index (χ1v) is 4.44. The van der Waals surface area contributed by atoms with Gasteiger partial charge in [-0.3, -0.25) is 0 Å². The Balaban J connectivity index is 2.84. The van der Waals surface area contributed by atoms with Crippen molar-refractivity contribution in [3.63, 3.8) is 0 Å². The number of rotatable bonds is 1. The summed E-state index contributed by atoms with van der Waals surface area (Å²) in [6.07, 6.45) is 0. The third-order valence-corrected chi connectivity index (χ3v) is 1.74. The molecule has 0 fully saturated rings. The molecule has 0 aromatic heterocycles. The maximum absolute atomic E-state index is 8.00. The van der Waals surface area contributed by atoms with Crippen molar-refractivity contribution in [2.75, 3.05) is 6.54 Å². The smallest absolute Gasteiger partial charge is 0.0880 e. The van der Waals surface area contributed by atoms with Gasteiger partial charge in [-0.2, -0.15) is 0 Å². The zero-order chi connectivity index (χ0) is 10.4. The SMILES string of the molecule is [N-]=[N+]=NCC#Cc1cc(Cl)cc(Cl)c1. The molecule has 70 valence electrons. The molecule has 0 radical (unpaired) electrons. The van der Waals surface area contributed by atoms with Crippen LogP contribution >= 0.6 is 23.2 Å². The monoisotopic (exact) mass is 225 g/mol. The lowest BCUT2D eigenvalue weighted by Gasteiger charge is -1.93. The number of hydrogen-bond donors (Lipinski definition) is 0. The van der Waals surface area contributed by atoms with E-state index < -0.39 is 0 Å². The first kappa shape index (κ1) is 10.7. The van der Waals surface area contributed by atoms with Gasteiger partial charge in [0.2, 0.25) is 0 Å². The van der Waals surface area contributed by atoms with Crippen molar-refractivity contribution < 1.29 is 0 Å². The van der Waals surface area contributed by atoms with Crippen LogP contribution < -0.4 is 0 Å². The summed E-state index contributed by atoms with van der Waals surface area (Å²) in [7, 11) is 0. The van der Waals surface area contributed by atoms with Gasteiger partial charge in [-0.25, -0.2) is 0 Å². The molecular weight excluding hydrogens is 221 g/mol. The van der Waals surface area contributed by atoms with Gasteiger partial charge < -0.3 is 0 Å². The largest absolute Gasteiger partial charge is 0.0919 e. The summed E-state index contributed by atoms with van der Waals surface area (Å²) in [4.78, 5) is 2.57. The van der Waals surface area contributed by atoms with Crippen LogP contribution in [0.3, 0.4) is 0 Å². The van der Waals surface area contributed by atoms with Crippen LogP contribution in [0.15, 0.2) is 23.3 Å². The number of halogens is 2. The van der Waals surface area contributed by atoms with Gasteiger partial charge in [-0.15, -0.1) is 0 Å². The number of hydrogen-bond acceptors (Lipinski definition) is 1. The second-order valence-electron chi connectivity index (χ2n) is 2.35. The molecule has 0 aliphatic heterocycles. The van der Waals surface area contributed by atoms with E-state index >= 15 is 0 Å². The van der Waals surface area contributed by atoms with Crippen molar-refractivity contribution >= 4 is 23.2 Å². The Morgan fingerprint density at radius 1 is 1.29 bits per heavy atom. The van der Waals surface area contributed by atoms with E-state index in [1.807, 2.05) is 0 Å². The molecule has 0 spiro atoms. The fourth-order valence-electron chi connectivity index (χ4n) is 0.835. The van der Waals surface area contributed by atoms with Crippen LogP contribution in [0.2, 0.25) is 10.0 Å². The molecule has 0 saturated carbocycles. The molecule has 5 heteroatoms. The third-order valence-electron chi connectivity index (χ3n) is 1.31. The van der Waals surface area contributed by atoms with Crippen molar-refractivity contribution in [3.05, 3.63) is 44.3 Å². The molecule has 0 unspecified atom stereocenters. The van der Waals surface area contributed by atoms with Gasteiger partial charge in [0.05, 0.1) is 6.54 Å². The Hall–Kier alpha value is -1.33. The first-order valence-electron chi connectivity index (χ1n) is 3.68.